The van der Waals surface area contributed by atoms with Gasteiger partial charge in [0.1, 0.15) is 11.5 Å². The van der Waals surface area contributed by atoms with Gasteiger partial charge in [-0.05, 0) is 120 Å². The second-order valence-electron chi connectivity index (χ2n) is 15.5. The van der Waals surface area contributed by atoms with Crippen LogP contribution in [0.1, 0.15) is 51.4 Å². The van der Waals surface area contributed by atoms with Crippen molar-refractivity contribution in [3.05, 3.63) is 249 Å². The fraction of sp³-hybridized carbons (Fsp3) is 0.0545. The van der Waals surface area contributed by atoms with Gasteiger partial charge < -0.3 is 4.74 Å². The van der Waals surface area contributed by atoms with Crippen molar-refractivity contribution < 1.29 is 4.74 Å². The topological polar surface area (TPSA) is 9.23 Å². The van der Waals surface area contributed by atoms with Crippen molar-refractivity contribution in [3.8, 4) is 44.9 Å². The maximum absolute atomic E-state index is 6.77. The molecule has 0 saturated heterocycles. The van der Waals surface area contributed by atoms with E-state index in [-0.39, 0.29) is 0 Å². The van der Waals surface area contributed by atoms with E-state index in [1.807, 2.05) is 0 Å². The highest BCUT2D eigenvalue weighted by molar-refractivity contribution is 6.00. The lowest BCUT2D eigenvalue weighted by Gasteiger charge is -2.39. The fourth-order valence-corrected chi connectivity index (χ4v) is 11.0. The number of ether oxygens (including phenoxy) is 1. The molecule has 8 aromatic rings. The van der Waals surface area contributed by atoms with E-state index in [0.29, 0.717) is 0 Å². The van der Waals surface area contributed by atoms with E-state index in [9.17, 15) is 0 Å². The highest BCUT2D eigenvalue weighted by Crippen LogP contribution is 2.65. The van der Waals surface area contributed by atoms with Crippen LogP contribution in [-0.4, -0.2) is 0 Å². The van der Waals surface area contributed by atoms with Crippen LogP contribution in [0, 0.1) is 0 Å². The van der Waals surface area contributed by atoms with Crippen LogP contribution in [0.3, 0.4) is 0 Å². The summed E-state index contributed by atoms with van der Waals surface area (Å²) in [6.45, 7) is 6.69. The first-order valence-electron chi connectivity index (χ1n) is 19.6. The van der Waals surface area contributed by atoms with E-state index >= 15 is 0 Å². The zero-order valence-corrected chi connectivity index (χ0v) is 31.0. The highest BCUT2D eigenvalue weighted by Gasteiger charge is 2.54. The summed E-state index contributed by atoms with van der Waals surface area (Å²) in [5.74, 6) is 1.81. The first-order valence-corrected chi connectivity index (χ1v) is 19.6. The van der Waals surface area contributed by atoms with Crippen molar-refractivity contribution in [2.75, 3.05) is 0 Å². The molecule has 8 aromatic carbocycles. The quantitative estimate of drug-likeness (QED) is 0.165. The van der Waals surface area contributed by atoms with Gasteiger partial charge in [-0.15, -0.1) is 0 Å². The van der Waals surface area contributed by atoms with E-state index in [1.54, 1.807) is 0 Å². The number of allylic oxidation sites excluding steroid dienone is 2. The van der Waals surface area contributed by atoms with Crippen molar-refractivity contribution >= 4 is 12.2 Å². The lowest BCUT2D eigenvalue weighted by molar-refractivity contribution is 0.436. The summed E-state index contributed by atoms with van der Waals surface area (Å²) in [4.78, 5) is 0. The van der Waals surface area contributed by atoms with Gasteiger partial charge in [0, 0.05) is 11.1 Å². The molecule has 0 saturated carbocycles. The third-order valence-corrected chi connectivity index (χ3v) is 13.1. The van der Waals surface area contributed by atoms with Crippen LogP contribution >= 0.6 is 0 Å². The molecular weight excluding hydrogens is 677 g/mol. The van der Waals surface area contributed by atoms with Gasteiger partial charge in [-0.1, -0.05) is 170 Å². The van der Waals surface area contributed by atoms with Crippen LogP contribution in [0.2, 0.25) is 0 Å². The van der Waals surface area contributed by atoms with Crippen molar-refractivity contribution in [3.63, 3.8) is 0 Å². The normalized spacial score (nSPS) is 18.8. The molecule has 0 bridgehead atoms. The molecule has 0 radical (unpaired) electrons. The maximum Gasteiger partial charge on any atom is 0.132 e. The predicted molar refractivity (Wildman–Crippen MR) is 228 cm³/mol. The average Bonchev–Trinajstić information content (AvgIpc) is 3.84. The van der Waals surface area contributed by atoms with Gasteiger partial charge in [0.2, 0.25) is 0 Å². The minimum Gasteiger partial charge on any atom is -0.457 e. The van der Waals surface area contributed by atoms with E-state index in [1.165, 1.54) is 94.3 Å². The van der Waals surface area contributed by atoms with Crippen LogP contribution in [0.5, 0.6) is 11.5 Å². The SMILES string of the molecule is C=c1cccc/c1=C1/C(=C\C)C2(c3ccccc31)c1ccccc1-c1cc(-c3ccc4c(c3)C3(c5ccccc5O4)c4ccccc4-c4ccccc43)ccc12. The number of fused-ring (bicyclic) bond motifs is 16. The van der Waals surface area contributed by atoms with Crippen LogP contribution in [-0.2, 0) is 10.8 Å². The van der Waals surface area contributed by atoms with E-state index in [2.05, 4.69) is 202 Å². The average molecular weight is 713 g/mol. The zero-order valence-electron chi connectivity index (χ0n) is 31.0. The smallest absolute Gasteiger partial charge is 0.132 e. The fourth-order valence-electron chi connectivity index (χ4n) is 11.0. The molecule has 4 aliphatic rings. The van der Waals surface area contributed by atoms with Gasteiger partial charge in [0.15, 0.2) is 0 Å². The summed E-state index contributed by atoms with van der Waals surface area (Å²) in [6, 6.07) is 67.1. The standard InChI is InChI=1S/C55H36O/c1-3-43-53(37-17-5-4-16-34(37)2)41-21-9-13-25-47(41)54(43)46-24-12-8-20-40(46)42-32-35(28-30-48(42)54)36-29-31-52-50(33-36)55(49-26-14-15-27-51(49)56-52)44-22-10-6-18-38(44)39-19-7-11-23-45(39)55/h3-33H,2H2,1H3/b43-3+,53-37-. The summed E-state index contributed by atoms with van der Waals surface area (Å²) < 4.78 is 6.77. The highest BCUT2D eigenvalue weighted by atomic mass is 16.5. The van der Waals surface area contributed by atoms with Crippen molar-refractivity contribution in [1.29, 1.82) is 0 Å². The van der Waals surface area contributed by atoms with Gasteiger partial charge >= 0.3 is 0 Å². The largest absolute Gasteiger partial charge is 0.457 e. The van der Waals surface area contributed by atoms with Crippen molar-refractivity contribution in [1.82, 2.24) is 0 Å². The molecule has 0 N–H and O–H groups in total. The Labute approximate surface area is 326 Å². The molecule has 1 nitrogen and oxygen atoms in total. The second kappa shape index (κ2) is 11.3. The van der Waals surface area contributed by atoms with E-state index in [0.717, 1.165) is 16.7 Å². The molecule has 1 heteroatoms. The van der Waals surface area contributed by atoms with E-state index < -0.39 is 10.8 Å². The summed E-state index contributed by atoms with van der Waals surface area (Å²) in [5.41, 5.74) is 19.4. The number of hydrogen-bond donors (Lipinski definition) is 0. The summed E-state index contributed by atoms with van der Waals surface area (Å²) in [5, 5.41) is 2.23. The minimum absolute atomic E-state index is 0.442. The van der Waals surface area contributed by atoms with Gasteiger partial charge in [-0.25, -0.2) is 0 Å². The number of para-hydroxylation sites is 1. The van der Waals surface area contributed by atoms with Crippen LogP contribution in [0.4, 0.5) is 0 Å². The number of rotatable bonds is 1. The van der Waals surface area contributed by atoms with Gasteiger partial charge in [0.25, 0.3) is 0 Å². The van der Waals surface area contributed by atoms with Gasteiger partial charge in [-0.3, -0.25) is 0 Å². The predicted octanol–water partition coefficient (Wildman–Crippen LogP) is 11.7. The Morgan fingerprint density at radius 3 is 1.57 bits per heavy atom. The molecular formula is C55H36O. The molecule has 56 heavy (non-hydrogen) atoms. The zero-order chi connectivity index (χ0) is 37.2. The Bertz CT molecular complexity index is 3120. The Kier molecular flexibility index (Phi) is 6.33. The molecule has 0 aromatic heterocycles. The summed E-state index contributed by atoms with van der Waals surface area (Å²) in [6.07, 6.45) is 2.35. The minimum atomic E-state index is -0.508. The van der Waals surface area contributed by atoms with E-state index in [4.69, 9.17) is 4.74 Å². The monoisotopic (exact) mass is 712 g/mol. The Morgan fingerprint density at radius 2 is 0.893 bits per heavy atom. The first kappa shape index (κ1) is 31.4. The van der Waals surface area contributed by atoms with Crippen LogP contribution in [0.25, 0.3) is 45.5 Å². The molecule has 1 unspecified atom stereocenters. The lowest BCUT2D eigenvalue weighted by atomic mass is 9.65. The molecule has 1 aliphatic heterocycles. The van der Waals surface area contributed by atoms with Crippen LogP contribution < -0.4 is 15.2 Å². The molecule has 0 fully saturated rings. The number of benzene rings is 8. The molecule has 1 heterocycles. The third-order valence-electron chi connectivity index (χ3n) is 13.1. The molecule has 0 amide bonds. The lowest BCUT2D eigenvalue weighted by Crippen LogP contribution is -2.32. The van der Waals surface area contributed by atoms with Crippen LogP contribution in [0.15, 0.2) is 194 Å². The summed E-state index contributed by atoms with van der Waals surface area (Å²) in [7, 11) is 0. The molecule has 262 valence electrons. The molecule has 2 spiro atoms. The first-order chi connectivity index (χ1) is 27.7. The van der Waals surface area contributed by atoms with Gasteiger partial charge in [-0.2, -0.15) is 0 Å². The summed E-state index contributed by atoms with van der Waals surface area (Å²) >= 11 is 0. The van der Waals surface area contributed by atoms with Crippen molar-refractivity contribution in [2.24, 2.45) is 0 Å². The molecule has 3 aliphatic carbocycles. The third kappa shape index (κ3) is 3.75. The number of hydrogen-bond acceptors (Lipinski definition) is 1. The maximum atomic E-state index is 6.77. The van der Waals surface area contributed by atoms with Crippen molar-refractivity contribution in [2.45, 2.75) is 17.8 Å². The molecule has 12 rings (SSSR count). The van der Waals surface area contributed by atoms with Gasteiger partial charge in [0.05, 0.1) is 10.8 Å². The Balaban J connectivity index is 1.11. The Morgan fingerprint density at radius 1 is 0.411 bits per heavy atom. The second-order valence-corrected chi connectivity index (χ2v) is 15.5. The Hall–Kier alpha value is -6.96. The molecule has 1 atom stereocenters.